The molecule has 0 aliphatic carbocycles. The number of phenols is 1. The number of carbonyl (C=O) groups excluding carboxylic acids is 7. The first-order chi connectivity index (χ1) is 22.8. The first-order valence-electron chi connectivity index (χ1n) is 14.9. The number of hydrogen-bond acceptors (Lipinski definition) is 12. The zero-order valence-corrected chi connectivity index (χ0v) is 26.7. The highest BCUT2D eigenvalue weighted by atomic mass is 16.4. The number of aromatic hydroxyl groups is 1. The first kappa shape index (κ1) is 39.8. The van der Waals surface area contributed by atoms with E-state index in [1.54, 1.807) is 0 Å². The number of amides is 7. The fourth-order valence-electron chi connectivity index (χ4n) is 4.63. The third-order valence-corrected chi connectivity index (χ3v) is 7.25. The summed E-state index contributed by atoms with van der Waals surface area (Å²) in [6, 6.07) is -5.62. The van der Waals surface area contributed by atoms with Crippen molar-refractivity contribution in [3.8, 4) is 5.75 Å². The number of primary amides is 1. The first-order valence-corrected chi connectivity index (χ1v) is 14.9. The van der Waals surface area contributed by atoms with Gasteiger partial charge >= 0.3 is 5.97 Å². The maximum absolute atomic E-state index is 13.6. The molecule has 270 valence electrons. The summed E-state index contributed by atoms with van der Waals surface area (Å²) in [6.45, 7) is 3.21. The molecule has 0 aromatic heterocycles. The van der Waals surface area contributed by atoms with Crippen molar-refractivity contribution in [1.82, 2.24) is 31.9 Å². The normalized spacial score (nSPS) is 26.6. The Kier molecular flexibility index (Phi) is 14.4. The van der Waals surface area contributed by atoms with E-state index >= 15 is 0 Å². The van der Waals surface area contributed by atoms with E-state index < -0.39 is 115 Å². The van der Waals surface area contributed by atoms with Gasteiger partial charge in [0.25, 0.3) is 0 Å². The number of aliphatic carboxylic acids is 1. The molecular weight excluding hydrogens is 654 g/mol. The van der Waals surface area contributed by atoms with Crippen molar-refractivity contribution in [3.05, 3.63) is 29.8 Å². The van der Waals surface area contributed by atoms with Gasteiger partial charge in [0.1, 0.15) is 42.0 Å². The maximum Gasteiger partial charge on any atom is 0.305 e. The van der Waals surface area contributed by atoms with E-state index in [0.29, 0.717) is 5.56 Å². The summed E-state index contributed by atoms with van der Waals surface area (Å²) in [5.74, 6) is -10.1. The maximum atomic E-state index is 13.6. The summed E-state index contributed by atoms with van der Waals surface area (Å²) in [7, 11) is 0. The van der Waals surface area contributed by atoms with Crippen LogP contribution in [0.5, 0.6) is 5.75 Å². The highest BCUT2D eigenvalue weighted by molar-refractivity contribution is 6.00. The van der Waals surface area contributed by atoms with Gasteiger partial charge in [-0.1, -0.05) is 12.1 Å². The smallest absolute Gasteiger partial charge is 0.305 e. The average Bonchev–Trinajstić information content (AvgIpc) is 2.99. The Hall–Kier alpha value is -5.34. The minimum Gasteiger partial charge on any atom is -0.508 e. The molecule has 13 N–H and O–H groups in total. The fourth-order valence-corrected chi connectivity index (χ4v) is 4.63. The summed E-state index contributed by atoms with van der Waals surface area (Å²) >= 11 is 0. The van der Waals surface area contributed by atoms with Crippen molar-refractivity contribution >= 4 is 47.3 Å². The molecule has 1 aromatic rings. The highest BCUT2D eigenvalue weighted by Crippen LogP contribution is 2.13. The second-order valence-electron chi connectivity index (χ2n) is 11.5. The number of aliphatic hydroxyl groups is 3. The lowest BCUT2D eigenvalue weighted by Crippen LogP contribution is -2.65. The van der Waals surface area contributed by atoms with Crippen LogP contribution in [0, 0.1) is 0 Å². The van der Waals surface area contributed by atoms with Crippen LogP contribution in [0.1, 0.15) is 39.2 Å². The van der Waals surface area contributed by atoms with E-state index in [2.05, 4.69) is 31.9 Å². The zero-order chi connectivity index (χ0) is 37.2. The lowest BCUT2D eigenvalue weighted by Gasteiger charge is -2.30. The largest absolute Gasteiger partial charge is 0.508 e. The van der Waals surface area contributed by atoms with Crippen LogP contribution in [0.4, 0.5) is 0 Å². The van der Waals surface area contributed by atoms with Gasteiger partial charge in [0.2, 0.25) is 41.4 Å². The number of carboxylic acid groups (broad SMARTS) is 1. The van der Waals surface area contributed by atoms with Gasteiger partial charge in [-0.2, -0.15) is 0 Å². The van der Waals surface area contributed by atoms with E-state index in [4.69, 9.17) is 5.73 Å². The minimum absolute atomic E-state index is 0.128. The zero-order valence-electron chi connectivity index (χ0n) is 26.7. The van der Waals surface area contributed by atoms with E-state index in [-0.39, 0.29) is 12.2 Å². The summed E-state index contributed by atoms with van der Waals surface area (Å²) in [5.41, 5.74) is 5.64. The minimum atomic E-state index is -1.94. The van der Waals surface area contributed by atoms with E-state index in [1.807, 2.05) is 0 Å². The summed E-state index contributed by atoms with van der Waals surface area (Å²) < 4.78 is 0. The van der Waals surface area contributed by atoms with Crippen LogP contribution in [-0.4, -0.2) is 127 Å². The third kappa shape index (κ3) is 12.0. The van der Waals surface area contributed by atoms with Gasteiger partial charge in [0, 0.05) is 6.42 Å². The highest BCUT2D eigenvalue weighted by Gasteiger charge is 2.38. The molecule has 1 aliphatic rings. The number of nitrogens with one attached hydrogen (secondary N) is 6. The SMILES string of the molecule is C[C@@H](O)[C@@H]1NC(=O)[C@H](Cc2ccc(O)cc2)NC(=O)[C@H](CC(N)=O)NC(=O)[C@H]([C@@H](C)O)NC(=O)[C@H]([C@@H](C)O)NC(=O)[C@H](CC(=O)O)NC1=O. The van der Waals surface area contributed by atoms with Crippen LogP contribution in [0.15, 0.2) is 24.3 Å². The molecule has 0 saturated carbocycles. The van der Waals surface area contributed by atoms with Crippen LogP contribution in [0.25, 0.3) is 0 Å². The lowest BCUT2D eigenvalue weighted by atomic mass is 10.0. The van der Waals surface area contributed by atoms with Crippen LogP contribution >= 0.6 is 0 Å². The van der Waals surface area contributed by atoms with E-state index in [1.165, 1.54) is 24.3 Å². The molecule has 1 aromatic carbocycles. The predicted molar refractivity (Wildman–Crippen MR) is 165 cm³/mol. The summed E-state index contributed by atoms with van der Waals surface area (Å²) in [5, 5.41) is 63.0. The molecule has 20 nitrogen and oxygen atoms in total. The number of rotatable bonds is 9. The number of hydrogen-bond donors (Lipinski definition) is 12. The molecule has 1 saturated heterocycles. The van der Waals surface area contributed by atoms with Crippen LogP contribution < -0.4 is 37.6 Å². The molecule has 0 spiro atoms. The van der Waals surface area contributed by atoms with Crippen molar-refractivity contribution in [2.75, 3.05) is 0 Å². The van der Waals surface area contributed by atoms with Crippen LogP contribution in [0.3, 0.4) is 0 Å². The van der Waals surface area contributed by atoms with Gasteiger partial charge in [0.15, 0.2) is 0 Å². The number of benzene rings is 1. The Labute approximate surface area is 279 Å². The van der Waals surface area contributed by atoms with Gasteiger partial charge in [0.05, 0.1) is 31.2 Å². The number of aliphatic hydroxyl groups excluding tert-OH is 3. The second-order valence-corrected chi connectivity index (χ2v) is 11.5. The molecular formula is C29H41N7O13. The molecule has 2 rings (SSSR count). The standard InChI is InChI=1S/C29H41N7O13/c1-11(37)21-27(47)33-18(10-20(42)43)26(46)35-23(13(3)39)29(49)36-22(12(2)38)28(48)32-17(9-19(30)41)24(44)31-16(25(45)34-21)8-14-4-6-15(40)7-5-14/h4-7,11-13,16-18,21-23,37-40H,8-10H2,1-3H3,(H2,30,41)(H,31,44)(H,32,48)(H,33,47)(H,34,45)(H,35,46)(H,36,49)(H,42,43)/t11-,12-,13-,16+,17+,18+,21+,22+,23+/m1/s1. The summed E-state index contributed by atoms with van der Waals surface area (Å²) in [6.07, 6.45) is -7.27. The monoisotopic (exact) mass is 695 g/mol. The molecule has 0 unspecified atom stereocenters. The van der Waals surface area contributed by atoms with Gasteiger partial charge in [-0.3, -0.25) is 38.4 Å². The number of carboxylic acids is 1. The van der Waals surface area contributed by atoms with Gasteiger partial charge < -0.3 is 63.2 Å². The molecule has 9 atom stereocenters. The third-order valence-electron chi connectivity index (χ3n) is 7.25. The number of phenolic OH excluding ortho intramolecular Hbond substituents is 1. The Morgan fingerprint density at radius 3 is 1.37 bits per heavy atom. The average molecular weight is 696 g/mol. The Morgan fingerprint density at radius 1 is 0.612 bits per heavy atom. The van der Waals surface area contributed by atoms with Crippen molar-refractivity contribution < 1.29 is 63.9 Å². The lowest BCUT2D eigenvalue weighted by molar-refractivity contribution is -0.143. The number of carbonyl (C=O) groups is 8. The molecule has 0 bridgehead atoms. The fraction of sp³-hybridized carbons (Fsp3) is 0.517. The van der Waals surface area contributed by atoms with Crippen molar-refractivity contribution in [2.45, 2.75) is 94.6 Å². The van der Waals surface area contributed by atoms with Crippen LogP contribution in [-0.2, 0) is 44.8 Å². The summed E-state index contributed by atoms with van der Waals surface area (Å²) in [4.78, 5) is 103. The molecule has 1 heterocycles. The van der Waals surface area contributed by atoms with Gasteiger partial charge in [-0.15, -0.1) is 0 Å². The topological polar surface area (TPSA) is 336 Å². The molecule has 1 fully saturated rings. The van der Waals surface area contributed by atoms with E-state index in [9.17, 15) is 63.9 Å². The van der Waals surface area contributed by atoms with Crippen LogP contribution in [0.2, 0.25) is 0 Å². The predicted octanol–water partition coefficient (Wildman–Crippen LogP) is -5.65. The molecule has 1 aliphatic heterocycles. The molecule has 7 amide bonds. The second kappa shape index (κ2) is 17.7. The number of nitrogens with two attached hydrogens (primary N) is 1. The molecule has 49 heavy (non-hydrogen) atoms. The molecule has 20 heteroatoms. The van der Waals surface area contributed by atoms with Crippen molar-refractivity contribution in [2.24, 2.45) is 5.73 Å². The van der Waals surface area contributed by atoms with E-state index in [0.717, 1.165) is 20.8 Å². The Morgan fingerprint density at radius 2 is 0.959 bits per heavy atom. The quantitative estimate of drug-likeness (QED) is 0.115. The van der Waals surface area contributed by atoms with Gasteiger partial charge in [-0.25, -0.2) is 0 Å². The van der Waals surface area contributed by atoms with Crippen molar-refractivity contribution in [3.63, 3.8) is 0 Å². The van der Waals surface area contributed by atoms with Crippen molar-refractivity contribution in [1.29, 1.82) is 0 Å². The van der Waals surface area contributed by atoms with Gasteiger partial charge in [-0.05, 0) is 38.5 Å². The Balaban J connectivity index is 2.68. The Bertz CT molecular complexity index is 1420. The molecule has 0 radical (unpaired) electrons.